The fourth-order valence-corrected chi connectivity index (χ4v) is 8.62. The minimum Gasteiger partial charge on any atom is -0.482 e. The Hall–Kier alpha value is -7.32. The highest BCUT2D eigenvalue weighted by Gasteiger charge is 2.67. The fraction of sp³-hybridized carbons (Fsp3) is 0.278. The number of esters is 2. The number of nitrogens with one attached hydrogen (secondary N) is 2. The maximum absolute atomic E-state index is 14.3. The average molecular weight is 898 g/mol. The Kier molecular flexibility index (Phi) is 12.9. The zero-order valence-corrected chi connectivity index (χ0v) is 33.8. The number of carboxylic acid groups (broad SMARTS) is 3. The quantitative estimate of drug-likeness (QED) is 0.0310. The zero-order chi connectivity index (χ0) is 45.0. The summed E-state index contributed by atoms with van der Waals surface area (Å²) >= 11 is 1.96. The van der Waals surface area contributed by atoms with Crippen molar-refractivity contribution in [3.63, 3.8) is 0 Å². The van der Waals surface area contributed by atoms with E-state index in [-0.39, 0.29) is 56.0 Å². The van der Waals surface area contributed by atoms with Crippen LogP contribution in [0.1, 0.15) is 35.8 Å². The third-order valence-corrected chi connectivity index (χ3v) is 11.2. The molecule has 62 heavy (non-hydrogen) atoms. The Morgan fingerprint density at radius 1 is 1.00 bits per heavy atom. The molecule has 24 nitrogen and oxygen atoms in total. The number of carbonyl (C=O) groups is 8. The van der Waals surface area contributed by atoms with E-state index >= 15 is 0 Å². The van der Waals surface area contributed by atoms with Gasteiger partial charge in [0.15, 0.2) is 18.1 Å². The van der Waals surface area contributed by atoms with E-state index in [2.05, 4.69) is 26.2 Å². The average Bonchev–Trinajstić information content (AvgIpc) is 3.65. The minimum absolute atomic E-state index is 0.0121. The lowest BCUT2D eigenvalue weighted by molar-refractivity contribution is -0.192. The maximum Gasteiger partial charge on any atom is 0.352 e. The van der Waals surface area contributed by atoms with Gasteiger partial charge in [0.25, 0.3) is 17.5 Å². The van der Waals surface area contributed by atoms with E-state index in [1.165, 1.54) is 24.3 Å². The Labute approximate surface area is 354 Å². The molecule has 5 N–H and O–H groups in total. The number of β-lactam (4-membered cyclic amide) rings is 1. The number of carbonyl (C=O) groups excluding carboxylic acids is 5. The molecule has 2 aromatic heterocycles. The van der Waals surface area contributed by atoms with Crippen LogP contribution in [0.3, 0.4) is 0 Å². The van der Waals surface area contributed by atoms with E-state index < -0.39 is 94.5 Å². The normalized spacial score (nSPS) is 17.3. The number of hydrogen-bond acceptors (Lipinski definition) is 19. The Balaban J connectivity index is 1.30. The second-order valence-corrected chi connectivity index (χ2v) is 15.0. The standard InChI is InChI=1S/C36H31N7O17S2/c1-15(44)59-23-8-20-22(9-24(23)60-16(2)45)58-11-21(29(20)50)30(51)37-27(17-4-6-19(7-5-17)57-12-26(48)49)31(52)38-36(56-3)33(55)43-28(32(53)54)18(13-61-34(36)43)14-62-35-39-40-41-42(35)10-25(46)47/h4-9,11,27,34H,10,12-14H2,1-3H3,(H,37,51)(H,38,52)(H,46,47)(H,48,49)(H,53,54)/t27?,34-,36-/m0/s1. The monoisotopic (exact) mass is 897 g/mol. The van der Waals surface area contributed by atoms with E-state index in [0.717, 1.165) is 72.5 Å². The van der Waals surface area contributed by atoms with Crippen molar-refractivity contribution in [2.24, 2.45) is 0 Å². The molecule has 2 aliphatic heterocycles. The molecule has 4 heterocycles. The molecule has 0 spiro atoms. The molecule has 0 aliphatic carbocycles. The number of aliphatic carboxylic acids is 3. The molecule has 6 rings (SSSR count). The van der Waals surface area contributed by atoms with Gasteiger partial charge in [-0.05, 0) is 39.8 Å². The van der Waals surface area contributed by atoms with Gasteiger partial charge in [0.2, 0.25) is 16.5 Å². The maximum atomic E-state index is 14.3. The molecular weight excluding hydrogens is 867 g/mol. The first-order chi connectivity index (χ1) is 29.4. The van der Waals surface area contributed by atoms with Crippen molar-refractivity contribution in [1.82, 2.24) is 35.7 Å². The van der Waals surface area contributed by atoms with Gasteiger partial charge in [-0.2, -0.15) is 0 Å². The number of nitrogens with zero attached hydrogens (tertiary/aromatic N) is 5. The first-order valence-electron chi connectivity index (χ1n) is 17.5. The van der Waals surface area contributed by atoms with E-state index in [4.69, 9.17) is 33.6 Å². The lowest BCUT2D eigenvalue weighted by Gasteiger charge is -2.56. The van der Waals surface area contributed by atoms with Gasteiger partial charge in [-0.25, -0.2) is 14.3 Å². The number of hydrogen-bond donors (Lipinski definition) is 5. The van der Waals surface area contributed by atoms with Crippen LogP contribution in [-0.2, 0) is 44.8 Å². The van der Waals surface area contributed by atoms with Crippen LogP contribution in [0.15, 0.2) is 68.3 Å². The second kappa shape index (κ2) is 18.1. The molecule has 3 atom stereocenters. The number of ether oxygens (including phenoxy) is 4. The third-order valence-electron chi connectivity index (χ3n) is 8.81. The molecule has 1 unspecified atom stereocenters. The third kappa shape index (κ3) is 9.05. The molecule has 26 heteroatoms. The topological polar surface area (TPSA) is 335 Å². The van der Waals surface area contributed by atoms with Gasteiger partial charge >= 0.3 is 29.8 Å². The highest BCUT2D eigenvalue weighted by atomic mass is 32.2. The van der Waals surface area contributed by atoms with Gasteiger partial charge < -0.3 is 49.3 Å². The molecule has 1 saturated heterocycles. The van der Waals surface area contributed by atoms with Crippen molar-refractivity contribution in [3.05, 3.63) is 75.3 Å². The molecule has 3 amide bonds. The largest absolute Gasteiger partial charge is 0.482 e. The number of tetrazole rings is 1. The summed E-state index contributed by atoms with van der Waals surface area (Å²) < 4.78 is 27.4. The SMILES string of the molecule is CO[C@@]1(NC(=O)C(NC(=O)c2coc3cc(OC(C)=O)c(OC(C)=O)cc3c2=O)c2ccc(OCC(=O)O)cc2)C(=O)N2C(C(=O)O)=C(CSc3nnnn3CC(=O)O)CS[C@H]21. The van der Waals surface area contributed by atoms with Gasteiger partial charge in [0.05, 0.1) is 5.39 Å². The van der Waals surface area contributed by atoms with Gasteiger partial charge in [0, 0.05) is 38.5 Å². The molecule has 0 bridgehead atoms. The van der Waals surface area contributed by atoms with Gasteiger partial charge in [-0.1, -0.05) is 23.9 Å². The van der Waals surface area contributed by atoms with Crippen LogP contribution in [0.5, 0.6) is 17.2 Å². The fourth-order valence-electron chi connectivity index (χ4n) is 6.16. The molecule has 2 aromatic carbocycles. The summed E-state index contributed by atoms with van der Waals surface area (Å²) in [5.41, 5.74) is -4.17. The van der Waals surface area contributed by atoms with E-state index in [0.29, 0.717) is 0 Å². The predicted molar refractivity (Wildman–Crippen MR) is 207 cm³/mol. The van der Waals surface area contributed by atoms with Gasteiger partial charge in [-0.15, -0.1) is 16.9 Å². The number of methoxy groups -OCH3 is 1. The number of amides is 3. The number of rotatable bonds is 17. The van der Waals surface area contributed by atoms with Crippen molar-refractivity contribution >= 4 is 82.1 Å². The zero-order valence-electron chi connectivity index (χ0n) is 32.1. The minimum atomic E-state index is -2.20. The lowest BCUT2D eigenvalue weighted by Crippen LogP contribution is -2.81. The summed E-state index contributed by atoms with van der Waals surface area (Å²) in [6.07, 6.45) is 0.770. The number of thioether (sulfide) groups is 2. The summed E-state index contributed by atoms with van der Waals surface area (Å²) in [4.78, 5) is 115. The van der Waals surface area contributed by atoms with E-state index in [9.17, 15) is 48.3 Å². The van der Waals surface area contributed by atoms with Crippen LogP contribution in [0.4, 0.5) is 0 Å². The summed E-state index contributed by atoms with van der Waals surface area (Å²) in [6, 6.07) is 5.52. The Bertz CT molecular complexity index is 2630. The number of benzene rings is 2. The molecule has 1 fully saturated rings. The van der Waals surface area contributed by atoms with Crippen molar-refractivity contribution in [2.45, 2.75) is 42.7 Å². The van der Waals surface area contributed by atoms with Crippen LogP contribution in [0.2, 0.25) is 0 Å². The van der Waals surface area contributed by atoms with Crippen molar-refractivity contribution in [3.8, 4) is 17.2 Å². The van der Waals surface area contributed by atoms with E-state index in [1.54, 1.807) is 0 Å². The van der Waals surface area contributed by atoms with Crippen LogP contribution >= 0.6 is 23.5 Å². The number of aromatic nitrogens is 4. The summed E-state index contributed by atoms with van der Waals surface area (Å²) in [5, 5.41) is 42.7. The molecule has 4 aromatic rings. The van der Waals surface area contributed by atoms with Crippen molar-refractivity contribution in [1.29, 1.82) is 0 Å². The van der Waals surface area contributed by atoms with Crippen molar-refractivity contribution < 1.29 is 77.0 Å². The first kappa shape index (κ1) is 44.2. The Morgan fingerprint density at radius 3 is 2.29 bits per heavy atom. The number of fused-ring (bicyclic) bond motifs is 2. The van der Waals surface area contributed by atoms with Crippen LogP contribution in [0.25, 0.3) is 11.0 Å². The molecule has 0 radical (unpaired) electrons. The molecule has 324 valence electrons. The Morgan fingerprint density at radius 2 is 1.68 bits per heavy atom. The van der Waals surface area contributed by atoms with Gasteiger partial charge in [0.1, 0.15) is 46.8 Å². The van der Waals surface area contributed by atoms with Crippen LogP contribution < -0.4 is 30.3 Å². The lowest BCUT2D eigenvalue weighted by atomic mass is 9.96. The highest BCUT2D eigenvalue weighted by Crippen LogP contribution is 2.47. The molecule has 2 aliphatic rings. The molecular formula is C36H31N7O17S2. The summed E-state index contributed by atoms with van der Waals surface area (Å²) in [6.45, 7) is 0.873. The molecule has 0 saturated carbocycles. The van der Waals surface area contributed by atoms with Crippen molar-refractivity contribution in [2.75, 3.05) is 25.2 Å². The van der Waals surface area contributed by atoms with Crippen LogP contribution in [-0.4, -0.2) is 124 Å². The smallest absolute Gasteiger partial charge is 0.352 e. The highest BCUT2D eigenvalue weighted by molar-refractivity contribution is 8.01. The van der Waals surface area contributed by atoms with E-state index in [1.807, 2.05) is 0 Å². The number of carboxylic acids is 3. The summed E-state index contributed by atoms with van der Waals surface area (Å²) in [5.74, 6) is -9.52. The summed E-state index contributed by atoms with van der Waals surface area (Å²) in [7, 11) is 1.09. The first-order valence-corrected chi connectivity index (χ1v) is 19.6. The second-order valence-electron chi connectivity index (χ2n) is 12.9. The predicted octanol–water partition coefficient (Wildman–Crippen LogP) is 0.154. The van der Waals surface area contributed by atoms with Gasteiger partial charge in [-0.3, -0.25) is 38.5 Å². The van der Waals surface area contributed by atoms with Crippen LogP contribution in [0, 0.1) is 0 Å².